The maximum atomic E-state index is 5.90. The molecule has 0 aliphatic carbocycles. The van der Waals surface area contributed by atoms with E-state index in [-0.39, 0.29) is 0 Å². The van der Waals surface area contributed by atoms with E-state index in [1.54, 1.807) is 0 Å². The van der Waals surface area contributed by atoms with Crippen LogP contribution in [0.25, 0.3) is 0 Å². The van der Waals surface area contributed by atoms with Crippen molar-refractivity contribution in [3.63, 3.8) is 0 Å². The fourth-order valence-electron chi connectivity index (χ4n) is 1.99. The maximum absolute atomic E-state index is 5.90. The van der Waals surface area contributed by atoms with Crippen LogP contribution in [0.2, 0.25) is 5.02 Å². The van der Waals surface area contributed by atoms with Crippen LogP contribution in [0.4, 0.5) is 0 Å². The molecular weight excluding hydrogens is 244 g/mol. The van der Waals surface area contributed by atoms with E-state index in [0.717, 1.165) is 24.5 Å². The molecule has 18 heavy (non-hydrogen) atoms. The lowest BCUT2D eigenvalue weighted by Gasteiger charge is -2.28. The topological polar surface area (TPSA) is 15.3 Å². The van der Waals surface area contributed by atoms with Crippen molar-refractivity contribution in [1.29, 1.82) is 0 Å². The largest absolute Gasteiger partial charge is 0.313 e. The highest BCUT2D eigenvalue weighted by molar-refractivity contribution is 6.30. The summed E-state index contributed by atoms with van der Waals surface area (Å²) in [5.74, 6) is 0. The van der Waals surface area contributed by atoms with Crippen molar-refractivity contribution in [2.45, 2.75) is 45.8 Å². The van der Waals surface area contributed by atoms with E-state index in [0.29, 0.717) is 12.1 Å². The lowest BCUT2D eigenvalue weighted by Crippen LogP contribution is -2.41. The van der Waals surface area contributed by atoms with E-state index in [4.69, 9.17) is 11.6 Å². The summed E-state index contributed by atoms with van der Waals surface area (Å²) in [5.41, 5.74) is 1.31. The summed E-state index contributed by atoms with van der Waals surface area (Å²) in [6, 6.07) is 9.23. The SMILES string of the molecule is CCC(CNC(C)C)N(C)Cc1ccc(Cl)cc1. The molecule has 3 heteroatoms. The van der Waals surface area contributed by atoms with Gasteiger partial charge in [0, 0.05) is 30.2 Å². The van der Waals surface area contributed by atoms with Gasteiger partial charge < -0.3 is 5.32 Å². The predicted octanol–water partition coefficient (Wildman–Crippen LogP) is 3.55. The molecule has 0 heterocycles. The first-order chi connectivity index (χ1) is 8.52. The fraction of sp³-hybridized carbons (Fsp3) is 0.600. The number of benzene rings is 1. The lowest BCUT2D eigenvalue weighted by atomic mass is 10.1. The van der Waals surface area contributed by atoms with Gasteiger partial charge in [0.1, 0.15) is 0 Å². The molecule has 1 atom stereocenters. The highest BCUT2D eigenvalue weighted by Gasteiger charge is 2.13. The van der Waals surface area contributed by atoms with E-state index in [1.165, 1.54) is 5.56 Å². The Labute approximate surface area is 116 Å². The Hall–Kier alpha value is -0.570. The van der Waals surface area contributed by atoms with Crippen LogP contribution in [0.15, 0.2) is 24.3 Å². The van der Waals surface area contributed by atoms with Crippen LogP contribution in [0, 0.1) is 0 Å². The van der Waals surface area contributed by atoms with Gasteiger partial charge in [-0.25, -0.2) is 0 Å². The molecule has 1 unspecified atom stereocenters. The first-order valence-electron chi connectivity index (χ1n) is 6.71. The third-order valence-electron chi connectivity index (χ3n) is 3.20. The van der Waals surface area contributed by atoms with Gasteiger partial charge >= 0.3 is 0 Å². The molecule has 1 rings (SSSR count). The zero-order chi connectivity index (χ0) is 13.5. The summed E-state index contributed by atoms with van der Waals surface area (Å²) in [4.78, 5) is 2.40. The molecule has 0 aliphatic rings. The van der Waals surface area contributed by atoms with Crippen molar-refractivity contribution >= 4 is 11.6 Å². The number of hydrogen-bond acceptors (Lipinski definition) is 2. The molecule has 0 saturated carbocycles. The zero-order valence-corrected chi connectivity index (χ0v) is 12.7. The Balaban J connectivity index is 2.50. The Morgan fingerprint density at radius 3 is 2.33 bits per heavy atom. The molecule has 1 aromatic carbocycles. The first-order valence-corrected chi connectivity index (χ1v) is 7.08. The van der Waals surface area contributed by atoms with Gasteiger partial charge in [-0.15, -0.1) is 0 Å². The number of nitrogens with one attached hydrogen (secondary N) is 1. The minimum atomic E-state index is 0.544. The molecule has 1 aromatic rings. The summed E-state index contributed by atoms with van der Waals surface area (Å²) in [6.07, 6.45) is 1.16. The predicted molar refractivity (Wildman–Crippen MR) is 80.1 cm³/mol. The van der Waals surface area contributed by atoms with Gasteiger partial charge in [-0.3, -0.25) is 4.90 Å². The van der Waals surface area contributed by atoms with Crippen LogP contribution in [0.3, 0.4) is 0 Å². The molecule has 0 radical (unpaired) electrons. The van der Waals surface area contributed by atoms with Crippen LogP contribution in [-0.2, 0) is 6.54 Å². The highest BCUT2D eigenvalue weighted by Crippen LogP contribution is 2.12. The number of halogens is 1. The fourth-order valence-corrected chi connectivity index (χ4v) is 2.12. The van der Waals surface area contributed by atoms with Crippen LogP contribution >= 0.6 is 11.6 Å². The summed E-state index contributed by atoms with van der Waals surface area (Å²) in [6.45, 7) is 8.62. The van der Waals surface area contributed by atoms with Gasteiger partial charge in [0.2, 0.25) is 0 Å². The third kappa shape index (κ3) is 5.38. The van der Waals surface area contributed by atoms with E-state index >= 15 is 0 Å². The van der Waals surface area contributed by atoms with Crippen LogP contribution in [0.5, 0.6) is 0 Å². The van der Waals surface area contributed by atoms with Crippen molar-refractivity contribution in [2.24, 2.45) is 0 Å². The molecule has 0 aliphatic heterocycles. The third-order valence-corrected chi connectivity index (χ3v) is 3.45. The van der Waals surface area contributed by atoms with Crippen molar-refractivity contribution < 1.29 is 0 Å². The average molecular weight is 269 g/mol. The van der Waals surface area contributed by atoms with E-state index in [1.807, 2.05) is 12.1 Å². The highest BCUT2D eigenvalue weighted by atomic mass is 35.5. The zero-order valence-electron chi connectivity index (χ0n) is 11.9. The summed E-state index contributed by atoms with van der Waals surface area (Å²) in [5, 5.41) is 4.31. The van der Waals surface area contributed by atoms with Crippen LogP contribution in [0.1, 0.15) is 32.8 Å². The van der Waals surface area contributed by atoms with Gasteiger partial charge in [0.25, 0.3) is 0 Å². The van der Waals surface area contributed by atoms with Crippen molar-refractivity contribution in [2.75, 3.05) is 13.6 Å². The Morgan fingerprint density at radius 1 is 1.22 bits per heavy atom. The Bertz CT molecular complexity index is 335. The molecule has 0 amide bonds. The Kier molecular flexibility index (Phi) is 6.69. The molecule has 0 bridgehead atoms. The van der Waals surface area contributed by atoms with Gasteiger partial charge in [0.15, 0.2) is 0 Å². The van der Waals surface area contributed by atoms with Gasteiger partial charge in [-0.2, -0.15) is 0 Å². The van der Waals surface area contributed by atoms with E-state index in [2.05, 4.69) is 50.2 Å². The number of hydrogen-bond donors (Lipinski definition) is 1. The summed E-state index contributed by atoms with van der Waals surface area (Å²) >= 11 is 5.90. The van der Waals surface area contributed by atoms with Crippen molar-refractivity contribution in [3.05, 3.63) is 34.9 Å². The minimum absolute atomic E-state index is 0.544. The van der Waals surface area contributed by atoms with E-state index < -0.39 is 0 Å². The van der Waals surface area contributed by atoms with Gasteiger partial charge in [-0.05, 0) is 31.2 Å². The number of nitrogens with zero attached hydrogens (tertiary/aromatic N) is 1. The molecule has 0 saturated heterocycles. The minimum Gasteiger partial charge on any atom is -0.313 e. The number of likely N-dealkylation sites (N-methyl/N-ethyl adjacent to an activating group) is 1. The normalized spacial score (nSPS) is 13.3. The van der Waals surface area contributed by atoms with Crippen molar-refractivity contribution in [1.82, 2.24) is 10.2 Å². The lowest BCUT2D eigenvalue weighted by molar-refractivity contribution is 0.218. The molecule has 0 spiro atoms. The number of rotatable bonds is 7. The molecule has 0 fully saturated rings. The second-order valence-corrected chi connectivity index (χ2v) is 5.60. The maximum Gasteiger partial charge on any atom is 0.0406 e. The molecular formula is C15H25ClN2. The summed E-state index contributed by atoms with van der Waals surface area (Å²) in [7, 11) is 2.19. The molecule has 1 N–H and O–H groups in total. The van der Waals surface area contributed by atoms with E-state index in [9.17, 15) is 0 Å². The standard InChI is InChI=1S/C15H25ClN2/c1-5-15(10-17-12(2)3)18(4)11-13-6-8-14(16)9-7-13/h6-9,12,15,17H,5,10-11H2,1-4H3. The molecule has 102 valence electrons. The van der Waals surface area contributed by atoms with Crippen LogP contribution < -0.4 is 5.32 Å². The van der Waals surface area contributed by atoms with Crippen LogP contribution in [-0.4, -0.2) is 30.6 Å². The second-order valence-electron chi connectivity index (χ2n) is 5.17. The monoisotopic (exact) mass is 268 g/mol. The Morgan fingerprint density at radius 2 is 1.83 bits per heavy atom. The second kappa shape index (κ2) is 7.78. The van der Waals surface area contributed by atoms with Gasteiger partial charge in [0.05, 0.1) is 0 Å². The quantitative estimate of drug-likeness (QED) is 0.814. The summed E-state index contributed by atoms with van der Waals surface area (Å²) < 4.78 is 0. The van der Waals surface area contributed by atoms with Crippen molar-refractivity contribution in [3.8, 4) is 0 Å². The first kappa shape index (κ1) is 15.5. The molecule has 2 nitrogen and oxygen atoms in total. The smallest absolute Gasteiger partial charge is 0.0406 e. The molecule has 0 aromatic heterocycles. The average Bonchev–Trinajstić information content (AvgIpc) is 2.32. The van der Waals surface area contributed by atoms with Gasteiger partial charge in [-0.1, -0.05) is 44.5 Å².